The van der Waals surface area contributed by atoms with E-state index in [0.717, 1.165) is 0 Å². The van der Waals surface area contributed by atoms with Crippen molar-refractivity contribution in [2.45, 2.75) is 45.6 Å². The fourth-order valence-electron chi connectivity index (χ4n) is 1.29. The van der Waals surface area contributed by atoms with Crippen LogP contribution in [0.15, 0.2) is 0 Å². The fourth-order valence-corrected chi connectivity index (χ4v) is 1.29. The van der Waals surface area contributed by atoms with Gasteiger partial charge in [0.05, 0.1) is 0 Å². The molecule has 1 rings (SSSR count). The van der Waals surface area contributed by atoms with Gasteiger partial charge in [-0.15, -0.1) is 5.06 Å². The quantitative estimate of drug-likeness (QED) is 0.411. The van der Waals surface area contributed by atoms with Crippen LogP contribution in [0, 0.1) is 0 Å². The standard InChI is InChI=1S/C11H15NO6/c1-11(2,3)17-9(15)6-10(16)18-12-7(13)4-5-8(12)14/h4-6H2,1-3H3. The minimum absolute atomic E-state index is 0.0125. The molecule has 0 aromatic carbocycles. The van der Waals surface area contributed by atoms with Crippen molar-refractivity contribution >= 4 is 23.8 Å². The predicted octanol–water partition coefficient (Wildman–Crippen LogP) is 0.325. The lowest BCUT2D eigenvalue weighted by Crippen LogP contribution is -2.33. The molecule has 0 radical (unpaired) electrons. The van der Waals surface area contributed by atoms with Crippen LogP contribution in [0.1, 0.15) is 40.0 Å². The first kappa shape index (κ1) is 14.1. The summed E-state index contributed by atoms with van der Waals surface area (Å²) >= 11 is 0. The summed E-state index contributed by atoms with van der Waals surface area (Å²) in [5.41, 5.74) is -0.712. The molecule has 18 heavy (non-hydrogen) atoms. The van der Waals surface area contributed by atoms with Gasteiger partial charge in [-0.1, -0.05) is 0 Å². The Bertz CT molecular complexity index is 379. The van der Waals surface area contributed by atoms with Gasteiger partial charge >= 0.3 is 11.9 Å². The highest BCUT2D eigenvalue weighted by molar-refractivity contribution is 6.02. The molecule has 0 aliphatic carbocycles. The van der Waals surface area contributed by atoms with Crippen molar-refractivity contribution in [2.75, 3.05) is 0 Å². The van der Waals surface area contributed by atoms with E-state index >= 15 is 0 Å². The molecule has 1 aliphatic rings. The number of hydrogen-bond acceptors (Lipinski definition) is 6. The van der Waals surface area contributed by atoms with E-state index < -0.39 is 35.8 Å². The highest BCUT2D eigenvalue weighted by Gasteiger charge is 2.33. The Labute approximate surface area is 104 Å². The smallest absolute Gasteiger partial charge is 0.344 e. The molecule has 1 heterocycles. The van der Waals surface area contributed by atoms with Crippen molar-refractivity contribution in [3.8, 4) is 0 Å². The Morgan fingerprint density at radius 3 is 2.06 bits per heavy atom. The molecular formula is C11H15NO6. The van der Waals surface area contributed by atoms with Crippen molar-refractivity contribution in [3.05, 3.63) is 0 Å². The molecule has 0 spiro atoms. The Morgan fingerprint density at radius 2 is 1.61 bits per heavy atom. The second-order valence-electron chi connectivity index (χ2n) is 4.81. The summed E-state index contributed by atoms with van der Waals surface area (Å²) in [6.45, 7) is 4.97. The maximum Gasteiger partial charge on any atom is 0.344 e. The summed E-state index contributed by atoms with van der Waals surface area (Å²) in [4.78, 5) is 49.4. The first-order chi connectivity index (χ1) is 8.19. The van der Waals surface area contributed by atoms with E-state index in [9.17, 15) is 19.2 Å². The first-order valence-corrected chi connectivity index (χ1v) is 5.47. The van der Waals surface area contributed by atoms with Crippen LogP contribution >= 0.6 is 0 Å². The fraction of sp³-hybridized carbons (Fsp3) is 0.636. The van der Waals surface area contributed by atoms with Crippen LogP contribution in [0.3, 0.4) is 0 Å². The van der Waals surface area contributed by atoms with Gasteiger partial charge in [-0.05, 0) is 20.8 Å². The summed E-state index contributed by atoms with van der Waals surface area (Å²) in [5.74, 6) is -2.94. The van der Waals surface area contributed by atoms with Gasteiger partial charge < -0.3 is 9.57 Å². The number of carbonyl (C=O) groups excluding carboxylic acids is 4. The molecule has 0 saturated carbocycles. The number of hydrogen-bond donors (Lipinski definition) is 0. The van der Waals surface area contributed by atoms with Crippen molar-refractivity contribution < 1.29 is 28.8 Å². The van der Waals surface area contributed by atoms with Gasteiger partial charge in [-0.3, -0.25) is 14.4 Å². The normalized spacial score (nSPS) is 15.8. The van der Waals surface area contributed by atoms with E-state index in [1.807, 2.05) is 0 Å². The van der Waals surface area contributed by atoms with E-state index in [0.29, 0.717) is 5.06 Å². The minimum atomic E-state index is -0.993. The summed E-state index contributed by atoms with van der Waals surface area (Å²) in [7, 11) is 0. The third kappa shape index (κ3) is 4.15. The van der Waals surface area contributed by atoms with Crippen LogP contribution in [-0.2, 0) is 28.8 Å². The molecule has 0 atom stereocenters. The third-order valence-corrected chi connectivity index (χ3v) is 1.91. The van der Waals surface area contributed by atoms with Crippen LogP contribution in [0.2, 0.25) is 0 Å². The average Bonchev–Trinajstić information content (AvgIpc) is 2.46. The van der Waals surface area contributed by atoms with Gasteiger partial charge in [0, 0.05) is 12.8 Å². The van der Waals surface area contributed by atoms with Gasteiger partial charge in [0.15, 0.2) is 0 Å². The van der Waals surface area contributed by atoms with Crippen molar-refractivity contribution in [2.24, 2.45) is 0 Å². The Hall–Kier alpha value is -1.92. The topological polar surface area (TPSA) is 90.0 Å². The lowest BCUT2D eigenvalue weighted by atomic mass is 10.2. The Morgan fingerprint density at radius 1 is 1.11 bits per heavy atom. The predicted molar refractivity (Wildman–Crippen MR) is 57.6 cm³/mol. The van der Waals surface area contributed by atoms with Crippen LogP contribution in [0.5, 0.6) is 0 Å². The van der Waals surface area contributed by atoms with Gasteiger partial charge in [0.2, 0.25) is 0 Å². The van der Waals surface area contributed by atoms with Crippen LogP contribution in [0.25, 0.3) is 0 Å². The zero-order valence-electron chi connectivity index (χ0n) is 10.5. The number of esters is 1. The third-order valence-electron chi connectivity index (χ3n) is 1.91. The second kappa shape index (κ2) is 5.16. The number of carbonyl (C=O) groups is 4. The lowest BCUT2D eigenvalue weighted by Gasteiger charge is -2.19. The highest BCUT2D eigenvalue weighted by atomic mass is 16.7. The average molecular weight is 257 g/mol. The van der Waals surface area contributed by atoms with Crippen LogP contribution in [-0.4, -0.2) is 34.4 Å². The molecule has 2 amide bonds. The molecule has 1 fully saturated rings. The number of ether oxygens (including phenoxy) is 1. The van der Waals surface area contributed by atoms with Crippen LogP contribution < -0.4 is 0 Å². The molecule has 7 nitrogen and oxygen atoms in total. The van der Waals surface area contributed by atoms with Gasteiger partial charge in [-0.2, -0.15) is 0 Å². The van der Waals surface area contributed by atoms with Crippen molar-refractivity contribution in [1.82, 2.24) is 5.06 Å². The first-order valence-electron chi connectivity index (χ1n) is 5.47. The maximum absolute atomic E-state index is 11.3. The van der Waals surface area contributed by atoms with E-state index in [-0.39, 0.29) is 12.8 Å². The Balaban J connectivity index is 2.45. The van der Waals surface area contributed by atoms with E-state index in [1.54, 1.807) is 20.8 Å². The minimum Gasteiger partial charge on any atom is -0.460 e. The molecule has 0 aromatic heterocycles. The van der Waals surface area contributed by atoms with Gasteiger partial charge in [0.25, 0.3) is 11.8 Å². The van der Waals surface area contributed by atoms with Crippen molar-refractivity contribution in [1.29, 1.82) is 0 Å². The molecule has 1 aliphatic heterocycles. The Kier molecular flexibility index (Phi) is 4.05. The second-order valence-corrected chi connectivity index (χ2v) is 4.81. The number of nitrogens with zero attached hydrogens (tertiary/aromatic N) is 1. The molecule has 7 heteroatoms. The molecule has 0 aromatic rings. The van der Waals surface area contributed by atoms with Gasteiger partial charge in [-0.25, -0.2) is 4.79 Å². The lowest BCUT2D eigenvalue weighted by molar-refractivity contribution is -0.199. The van der Waals surface area contributed by atoms with E-state index in [1.165, 1.54) is 0 Å². The number of hydroxylamine groups is 2. The van der Waals surface area contributed by atoms with E-state index in [4.69, 9.17) is 4.74 Å². The zero-order chi connectivity index (χ0) is 13.9. The summed E-state index contributed by atoms with van der Waals surface area (Å²) in [6.07, 6.45) is -0.620. The van der Waals surface area contributed by atoms with Crippen LogP contribution in [0.4, 0.5) is 0 Å². The summed E-state index contributed by atoms with van der Waals surface area (Å²) < 4.78 is 4.90. The zero-order valence-corrected chi connectivity index (χ0v) is 10.5. The van der Waals surface area contributed by atoms with Crippen molar-refractivity contribution in [3.63, 3.8) is 0 Å². The molecular weight excluding hydrogens is 242 g/mol. The molecule has 0 unspecified atom stereocenters. The molecule has 100 valence electrons. The summed E-state index contributed by atoms with van der Waals surface area (Å²) in [6, 6.07) is 0. The highest BCUT2D eigenvalue weighted by Crippen LogP contribution is 2.13. The monoisotopic (exact) mass is 257 g/mol. The van der Waals surface area contributed by atoms with E-state index in [2.05, 4.69) is 4.84 Å². The number of amides is 2. The molecule has 0 N–H and O–H groups in total. The molecule has 1 saturated heterocycles. The van der Waals surface area contributed by atoms with Gasteiger partial charge in [0.1, 0.15) is 12.0 Å². The number of rotatable bonds is 3. The largest absolute Gasteiger partial charge is 0.460 e. The SMILES string of the molecule is CC(C)(C)OC(=O)CC(=O)ON1C(=O)CCC1=O. The maximum atomic E-state index is 11.3. The number of imide groups is 1. The molecule has 0 bridgehead atoms. The summed E-state index contributed by atoms with van der Waals surface area (Å²) in [5, 5.41) is 0.396.